The molecule has 0 aliphatic heterocycles. The Bertz CT molecular complexity index is 735. The summed E-state index contributed by atoms with van der Waals surface area (Å²) >= 11 is 3.34. The zero-order valence-electron chi connectivity index (χ0n) is 14.0. The van der Waals surface area contributed by atoms with Gasteiger partial charge in [0.2, 0.25) is 0 Å². The second kappa shape index (κ2) is 8.54. The maximum absolute atomic E-state index is 14.3. The van der Waals surface area contributed by atoms with Gasteiger partial charge < -0.3 is 5.11 Å². The van der Waals surface area contributed by atoms with Crippen LogP contribution in [0.4, 0.5) is 8.78 Å². The fraction of sp³-hybridized carbons (Fsp3) is 0.316. The molecule has 0 aliphatic rings. The van der Waals surface area contributed by atoms with E-state index in [1.165, 1.54) is 12.1 Å². The van der Waals surface area contributed by atoms with Crippen LogP contribution in [0.25, 0.3) is 0 Å². The zero-order valence-corrected chi connectivity index (χ0v) is 15.6. The second-order valence-electron chi connectivity index (χ2n) is 6.34. The van der Waals surface area contributed by atoms with Crippen molar-refractivity contribution in [1.29, 1.82) is 0 Å². The van der Waals surface area contributed by atoms with Crippen LogP contribution in [-0.4, -0.2) is 17.1 Å². The Kier molecular flexibility index (Phi) is 6.67. The molecule has 134 valence electrons. The maximum atomic E-state index is 14.3. The lowest BCUT2D eigenvalue weighted by Crippen LogP contribution is -2.40. The third-order valence-corrected chi connectivity index (χ3v) is 4.38. The molecular weight excluding hydrogens is 392 g/mol. The number of halogens is 3. The molecule has 0 bridgehead atoms. The summed E-state index contributed by atoms with van der Waals surface area (Å²) in [6.07, 6.45) is 0.394. The van der Waals surface area contributed by atoms with Gasteiger partial charge in [-0.25, -0.2) is 8.78 Å². The van der Waals surface area contributed by atoms with Crippen LogP contribution in [0.3, 0.4) is 0 Å². The third kappa shape index (κ3) is 5.34. The lowest BCUT2D eigenvalue weighted by molar-refractivity contribution is -0.140. The minimum atomic E-state index is -1.00. The summed E-state index contributed by atoms with van der Waals surface area (Å²) in [5.74, 6) is -2.24. The van der Waals surface area contributed by atoms with Crippen LogP contribution in [0.2, 0.25) is 0 Å². The van der Waals surface area contributed by atoms with Crippen molar-refractivity contribution in [2.24, 2.45) is 5.92 Å². The van der Waals surface area contributed by atoms with E-state index in [1.807, 2.05) is 13.8 Å². The van der Waals surface area contributed by atoms with Crippen LogP contribution >= 0.6 is 15.9 Å². The van der Waals surface area contributed by atoms with Crippen molar-refractivity contribution in [3.8, 4) is 0 Å². The molecule has 0 amide bonds. The van der Waals surface area contributed by atoms with Gasteiger partial charge in [0.15, 0.2) is 0 Å². The molecule has 6 heteroatoms. The molecule has 0 saturated heterocycles. The smallest absolute Gasteiger partial charge is 0.320 e. The summed E-state index contributed by atoms with van der Waals surface area (Å²) in [5, 5.41) is 12.5. The van der Waals surface area contributed by atoms with Crippen LogP contribution in [0.15, 0.2) is 46.9 Å². The number of benzene rings is 2. The van der Waals surface area contributed by atoms with Gasteiger partial charge in [-0.05, 0) is 36.1 Å². The van der Waals surface area contributed by atoms with Gasteiger partial charge in [-0.2, -0.15) is 0 Å². The predicted molar refractivity (Wildman–Crippen MR) is 96.4 cm³/mol. The van der Waals surface area contributed by atoms with Gasteiger partial charge in [-0.15, -0.1) is 0 Å². The number of rotatable bonds is 7. The van der Waals surface area contributed by atoms with Crippen LogP contribution in [0, 0.1) is 17.6 Å². The van der Waals surface area contributed by atoms with Crippen molar-refractivity contribution in [2.75, 3.05) is 0 Å². The Morgan fingerprint density at radius 3 is 2.32 bits per heavy atom. The Hall–Kier alpha value is -1.79. The Labute approximate surface area is 154 Å². The lowest BCUT2D eigenvalue weighted by Gasteiger charge is -2.25. The minimum absolute atomic E-state index is 0.150. The minimum Gasteiger partial charge on any atom is -0.480 e. The average molecular weight is 412 g/mol. The fourth-order valence-electron chi connectivity index (χ4n) is 2.67. The van der Waals surface area contributed by atoms with Crippen molar-refractivity contribution in [1.82, 2.24) is 5.32 Å². The van der Waals surface area contributed by atoms with Crippen LogP contribution in [-0.2, 0) is 4.79 Å². The van der Waals surface area contributed by atoms with Crippen LogP contribution < -0.4 is 5.32 Å². The maximum Gasteiger partial charge on any atom is 0.320 e. The molecule has 3 nitrogen and oxygen atoms in total. The van der Waals surface area contributed by atoms with Crippen molar-refractivity contribution < 1.29 is 18.7 Å². The van der Waals surface area contributed by atoms with Crippen molar-refractivity contribution >= 4 is 21.9 Å². The third-order valence-electron chi connectivity index (χ3n) is 3.85. The molecule has 2 aromatic rings. The monoisotopic (exact) mass is 411 g/mol. The zero-order chi connectivity index (χ0) is 18.6. The first-order chi connectivity index (χ1) is 11.8. The highest BCUT2D eigenvalue weighted by molar-refractivity contribution is 9.10. The molecule has 25 heavy (non-hydrogen) atoms. The highest BCUT2D eigenvalue weighted by atomic mass is 79.9. The summed E-state index contributed by atoms with van der Waals surface area (Å²) in [6, 6.07) is 8.92. The van der Waals surface area contributed by atoms with E-state index in [0.29, 0.717) is 12.0 Å². The summed E-state index contributed by atoms with van der Waals surface area (Å²) in [6.45, 7) is 3.84. The molecule has 0 spiro atoms. The quantitative estimate of drug-likeness (QED) is 0.680. The van der Waals surface area contributed by atoms with Gasteiger partial charge in [0.1, 0.15) is 17.7 Å². The number of carboxylic acids is 1. The highest BCUT2D eigenvalue weighted by Gasteiger charge is 2.26. The van der Waals surface area contributed by atoms with E-state index >= 15 is 0 Å². The molecule has 2 rings (SSSR count). The van der Waals surface area contributed by atoms with Gasteiger partial charge in [0.05, 0.1) is 6.04 Å². The van der Waals surface area contributed by atoms with Gasteiger partial charge in [-0.1, -0.05) is 48.0 Å². The molecule has 0 aromatic heterocycles. The average Bonchev–Trinajstić information content (AvgIpc) is 2.52. The molecular formula is C19H20BrF2NO2. The van der Waals surface area contributed by atoms with Gasteiger partial charge in [0.25, 0.3) is 0 Å². The van der Waals surface area contributed by atoms with E-state index in [9.17, 15) is 18.7 Å². The SMILES string of the molecule is CC(C)CC(N[C@@H](c1ccc(Br)cc1)c1ccc(F)cc1F)C(=O)O. The lowest BCUT2D eigenvalue weighted by atomic mass is 9.95. The largest absolute Gasteiger partial charge is 0.480 e. The molecule has 2 aromatic carbocycles. The Morgan fingerprint density at radius 1 is 1.16 bits per heavy atom. The Balaban J connectivity index is 2.44. The van der Waals surface area contributed by atoms with Crippen molar-refractivity contribution in [3.63, 3.8) is 0 Å². The van der Waals surface area contributed by atoms with Crippen molar-refractivity contribution in [3.05, 3.63) is 69.7 Å². The highest BCUT2D eigenvalue weighted by Crippen LogP contribution is 2.27. The van der Waals surface area contributed by atoms with E-state index in [1.54, 1.807) is 24.3 Å². The number of nitrogens with one attached hydrogen (secondary N) is 1. The fourth-order valence-corrected chi connectivity index (χ4v) is 2.93. The molecule has 0 heterocycles. The number of carbonyl (C=O) groups is 1. The molecule has 0 radical (unpaired) electrons. The van der Waals surface area contributed by atoms with Crippen LogP contribution in [0.1, 0.15) is 37.4 Å². The number of aliphatic carboxylic acids is 1. The molecule has 2 atom stereocenters. The first-order valence-corrected chi connectivity index (χ1v) is 8.76. The van der Waals surface area contributed by atoms with Gasteiger partial charge in [-0.3, -0.25) is 10.1 Å². The van der Waals surface area contributed by atoms with E-state index in [0.717, 1.165) is 10.5 Å². The normalized spacial score (nSPS) is 13.7. The van der Waals surface area contributed by atoms with E-state index in [-0.39, 0.29) is 11.5 Å². The van der Waals surface area contributed by atoms with E-state index in [4.69, 9.17) is 0 Å². The second-order valence-corrected chi connectivity index (χ2v) is 7.25. The number of carboxylic acid groups (broad SMARTS) is 1. The van der Waals surface area contributed by atoms with E-state index in [2.05, 4.69) is 21.2 Å². The molecule has 1 unspecified atom stereocenters. The molecule has 2 N–H and O–H groups in total. The number of hydrogen-bond acceptors (Lipinski definition) is 2. The first-order valence-electron chi connectivity index (χ1n) is 7.97. The van der Waals surface area contributed by atoms with Crippen molar-refractivity contribution in [2.45, 2.75) is 32.4 Å². The first kappa shape index (κ1) is 19.5. The van der Waals surface area contributed by atoms with Gasteiger partial charge >= 0.3 is 5.97 Å². The van der Waals surface area contributed by atoms with Crippen LogP contribution in [0.5, 0.6) is 0 Å². The predicted octanol–water partition coefficient (Wildman–Crippen LogP) is 4.91. The molecule has 0 aliphatic carbocycles. The standard InChI is InChI=1S/C19H20BrF2NO2/c1-11(2)9-17(19(24)25)23-18(12-3-5-13(20)6-4-12)15-8-7-14(21)10-16(15)22/h3-8,10-11,17-18,23H,9H2,1-2H3,(H,24,25)/t17?,18-/m0/s1. The topological polar surface area (TPSA) is 49.3 Å². The molecule has 0 fully saturated rings. The Morgan fingerprint density at radius 2 is 1.80 bits per heavy atom. The summed E-state index contributed by atoms with van der Waals surface area (Å²) in [5.41, 5.74) is 0.905. The van der Waals surface area contributed by atoms with Gasteiger partial charge in [0, 0.05) is 16.1 Å². The number of hydrogen-bond donors (Lipinski definition) is 2. The van der Waals surface area contributed by atoms with E-state index < -0.39 is 29.7 Å². The summed E-state index contributed by atoms with van der Waals surface area (Å²) < 4.78 is 28.5. The summed E-state index contributed by atoms with van der Waals surface area (Å²) in [7, 11) is 0. The molecule has 0 saturated carbocycles. The summed E-state index contributed by atoms with van der Waals surface area (Å²) in [4.78, 5) is 11.6.